The maximum Gasteiger partial charge on any atom is 0.310 e. The number of esters is 1. The van der Waals surface area contributed by atoms with Crippen LogP contribution in [-0.2, 0) is 28.9 Å². The van der Waals surface area contributed by atoms with Crippen LogP contribution < -0.4 is 5.32 Å². The highest BCUT2D eigenvalue weighted by Crippen LogP contribution is 2.17. The third-order valence-electron chi connectivity index (χ3n) is 2.69. The Morgan fingerprint density at radius 1 is 1.47 bits per heavy atom. The molecule has 0 saturated heterocycles. The lowest BCUT2D eigenvalue weighted by atomic mass is 10.3. The summed E-state index contributed by atoms with van der Waals surface area (Å²) in [6.45, 7) is 1.71. The number of nitrogens with one attached hydrogen (secondary N) is 2. The van der Waals surface area contributed by atoms with E-state index in [9.17, 15) is 4.79 Å². The number of H-pyrrole nitrogens is 1. The van der Waals surface area contributed by atoms with Crippen molar-refractivity contribution in [1.82, 2.24) is 15.3 Å². The molecule has 0 atom stereocenters. The number of carbonyl (C=O) groups excluding carboxylic acids is 1. The zero-order chi connectivity index (χ0) is 13.5. The highest BCUT2D eigenvalue weighted by Gasteiger charge is 2.06. The Kier molecular flexibility index (Phi) is 5.11. The highest BCUT2D eigenvalue weighted by atomic mass is 32.1. The minimum absolute atomic E-state index is 0.194. The van der Waals surface area contributed by atoms with Gasteiger partial charge in [-0.05, 0) is 12.1 Å². The van der Waals surface area contributed by atoms with E-state index in [0.717, 1.165) is 30.1 Å². The second kappa shape index (κ2) is 7.06. The van der Waals surface area contributed by atoms with Gasteiger partial charge in [0, 0.05) is 41.2 Å². The van der Waals surface area contributed by atoms with E-state index < -0.39 is 0 Å². The van der Waals surface area contributed by atoms with Crippen molar-refractivity contribution in [3.8, 4) is 0 Å². The van der Waals surface area contributed by atoms with Crippen molar-refractivity contribution in [2.24, 2.45) is 0 Å². The summed E-state index contributed by atoms with van der Waals surface area (Å²) >= 11 is 1.64. The molecule has 6 heteroatoms. The molecular formula is C13H17N3O2S. The molecule has 0 aliphatic heterocycles. The number of methoxy groups -OCH3 is 1. The van der Waals surface area contributed by atoms with Gasteiger partial charge in [0.05, 0.1) is 19.9 Å². The van der Waals surface area contributed by atoms with Gasteiger partial charge in [-0.15, -0.1) is 11.3 Å². The summed E-state index contributed by atoms with van der Waals surface area (Å²) in [6, 6.07) is 4.03. The minimum atomic E-state index is -0.194. The van der Waals surface area contributed by atoms with E-state index in [4.69, 9.17) is 0 Å². The van der Waals surface area contributed by atoms with Crippen molar-refractivity contribution in [1.29, 1.82) is 0 Å². The molecule has 19 heavy (non-hydrogen) atoms. The van der Waals surface area contributed by atoms with Crippen LogP contribution >= 0.6 is 11.3 Å². The Hall–Kier alpha value is -1.66. The van der Waals surface area contributed by atoms with Crippen LogP contribution in [0.4, 0.5) is 0 Å². The Morgan fingerprint density at radius 2 is 2.32 bits per heavy atom. The number of hydrogen-bond donors (Lipinski definition) is 2. The fraction of sp³-hybridized carbons (Fsp3) is 0.385. The zero-order valence-corrected chi connectivity index (χ0v) is 11.6. The third kappa shape index (κ3) is 4.50. The lowest BCUT2D eigenvalue weighted by Crippen LogP contribution is -2.16. The van der Waals surface area contributed by atoms with Crippen LogP contribution in [0.2, 0.25) is 0 Å². The molecular weight excluding hydrogens is 262 g/mol. The molecule has 0 saturated carbocycles. The number of hydrogen-bond acceptors (Lipinski definition) is 5. The van der Waals surface area contributed by atoms with Crippen molar-refractivity contribution < 1.29 is 9.53 Å². The van der Waals surface area contributed by atoms with Crippen LogP contribution in [0, 0.1) is 0 Å². The Bertz CT molecular complexity index is 508. The van der Waals surface area contributed by atoms with Gasteiger partial charge in [0.15, 0.2) is 0 Å². The predicted molar refractivity (Wildman–Crippen MR) is 74.0 cm³/mol. The van der Waals surface area contributed by atoms with Crippen LogP contribution in [0.25, 0.3) is 0 Å². The van der Waals surface area contributed by atoms with E-state index in [0.29, 0.717) is 6.42 Å². The maximum absolute atomic E-state index is 11.1. The molecule has 2 rings (SSSR count). The average molecular weight is 279 g/mol. The predicted octanol–water partition coefficient (Wildman–Crippen LogP) is 1.52. The quantitative estimate of drug-likeness (QED) is 0.595. The van der Waals surface area contributed by atoms with Crippen LogP contribution in [0.15, 0.2) is 24.7 Å². The molecule has 2 heterocycles. The normalized spacial score (nSPS) is 10.6. The number of carbonyl (C=O) groups is 1. The van der Waals surface area contributed by atoms with E-state index in [1.165, 1.54) is 12.0 Å². The summed E-state index contributed by atoms with van der Waals surface area (Å²) in [6.07, 6.45) is 4.81. The summed E-state index contributed by atoms with van der Waals surface area (Å²) in [4.78, 5) is 20.4. The molecule has 0 amide bonds. The molecule has 2 aromatic heterocycles. The summed E-state index contributed by atoms with van der Waals surface area (Å²) in [5, 5.41) is 3.37. The smallest absolute Gasteiger partial charge is 0.310 e. The second-order valence-electron chi connectivity index (χ2n) is 4.12. The van der Waals surface area contributed by atoms with Gasteiger partial charge < -0.3 is 15.0 Å². The molecule has 2 aromatic rings. The van der Waals surface area contributed by atoms with Crippen LogP contribution in [0.3, 0.4) is 0 Å². The molecule has 0 aliphatic carbocycles. The summed E-state index contributed by atoms with van der Waals surface area (Å²) < 4.78 is 4.65. The molecule has 0 unspecified atom stereocenters. The summed E-state index contributed by atoms with van der Waals surface area (Å²) in [5.41, 5.74) is 1.13. The largest absolute Gasteiger partial charge is 0.469 e. The van der Waals surface area contributed by atoms with Gasteiger partial charge in [0.25, 0.3) is 0 Å². The number of rotatable bonds is 7. The van der Waals surface area contributed by atoms with Gasteiger partial charge in [-0.3, -0.25) is 4.79 Å². The average Bonchev–Trinajstić information content (AvgIpc) is 3.06. The van der Waals surface area contributed by atoms with E-state index >= 15 is 0 Å². The van der Waals surface area contributed by atoms with E-state index in [2.05, 4.69) is 20.0 Å². The van der Waals surface area contributed by atoms with Crippen molar-refractivity contribution in [3.05, 3.63) is 40.1 Å². The first-order valence-corrected chi connectivity index (χ1v) is 6.92. The molecule has 0 aromatic carbocycles. The first-order valence-electron chi connectivity index (χ1n) is 6.10. The topological polar surface area (TPSA) is 67.0 Å². The number of thiophene rings is 1. The number of nitrogens with zero attached hydrogens (tertiary/aromatic N) is 1. The monoisotopic (exact) mass is 279 g/mol. The highest BCUT2D eigenvalue weighted by molar-refractivity contribution is 7.12. The van der Waals surface area contributed by atoms with Gasteiger partial charge in [0.1, 0.15) is 0 Å². The molecule has 102 valence electrons. The number of aromatic amines is 1. The summed E-state index contributed by atoms with van der Waals surface area (Å²) in [7, 11) is 1.41. The zero-order valence-electron chi connectivity index (χ0n) is 10.8. The maximum atomic E-state index is 11.1. The van der Waals surface area contributed by atoms with Crippen LogP contribution in [0.1, 0.15) is 15.4 Å². The van der Waals surface area contributed by atoms with Crippen molar-refractivity contribution in [2.45, 2.75) is 19.4 Å². The van der Waals surface area contributed by atoms with Crippen LogP contribution in [0.5, 0.6) is 0 Å². The Balaban J connectivity index is 1.70. The molecule has 0 radical (unpaired) electrons. The van der Waals surface area contributed by atoms with Gasteiger partial charge in [0.2, 0.25) is 0 Å². The number of aromatic nitrogens is 2. The molecule has 0 bridgehead atoms. The van der Waals surface area contributed by atoms with Crippen molar-refractivity contribution in [2.75, 3.05) is 13.7 Å². The lowest BCUT2D eigenvalue weighted by molar-refractivity contribution is -0.139. The third-order valence-corrected chi connectivity index (χ3v) is 3.77. The first-order chi connectivity index (χ1) is 9.28. The van der Waals surface area contributed by atoms with Crippen LogP contribution in [-0.4, -0.2) is 29.6 Å². The van der Waals surface area contributed by atoms with E-state index in [1.807, 2.05) is 18.3 Å². The van der Waals surface area contributed by atoms with E-state index in [1.54, 1.807) is 17.7 Å². The van der Waals surface area contributed by atoms with Gasteiger partial charge in [-0.1, -0.05) is 0 Å². The SMILES string of the molecule is COC(=O)Cc1ccc(CNCCc2cnc[nH]2)s1. The molecule has 5 nitrogen and oxygen atoms in total. The molecule has 0 spiro atoms. The Morgan fingerprint density at radius 3 is 3.05 bits per heavy atom. The second-order valence-corrected chi connectivity index (χ2v) is 5.38. The number of ether oxygens (including phenoxy) is 1. The van der Waals surface area contributed by atoms with Gasteiger partial charge in [-0.25, -0.2) is 4.98 Å². The van der Waals surface area contributed by atoms with Crippen molar-refractivity contribution >= 4 is 17.3 Å². The molecule has 2 N–H and O–H groups in total. The summed E-state index contributed by atoms with van der Waals surface area (Å²) in [5.74, 6) is -0.194. The fourth-order valence-electron chi connectivity index (χ4n) is 1.68. The Labute approximate surface area is 116 Å². The number of imidazole rings is 1. The van der Waals surface area contributed by atoms with Crippen molar-refractivity contribution in [3.63, 3.8) is 0 Å². The van der Waals surface area contributed by atoms with E-state index in [-0.39, 0.29) is 5.97 Å². The van der Waals surface area contributed by atoms with Gasteiger partial charge in [-0.2, -0.15) is 0 Å². The lowest BCUT2D eigenvalue weighted by Gasteiger charge is -2.01. The minimum Gasteiger partial charge on any atom is -0.469 e. The standard InChI is InChI=1S/C13H17N3O2S/c1-18-13(17)6-11-2-3-12(19-11)8-14-5-4-10-7-15-9-16-10/h2-3,7,9,14H,4-6,8H2,1H3,(H,15,16). The molecule has 0 fully saturated rings. The van der Waals surface area contributed by atoms with Gasteiger partial charge >= 0.3 is 5.97 Å². The first kappa shape index (κ1) is 13.8. The fourth-order valence-corrected chi connectivity index (χ4v) is 2.66. The molecule has 0 aliphatic rings.